The first-order chi connectivity index (χ1) is 13.6. The molecule has 0 spiro atoms. The van der Waals surface area contributed by atoms with Crippen LogP contribution < -0.4 is 9.47 Å². The molecule has 4 heteroatoms. The second-order valence-electron chi connectivity index (χ2n) is 6.19. The van der Waals surface area contributed by atoms with Crippen LogP contribution in [0.4, 0.5) is 0 Å². The van der Waals surface area contributed by atoms with Crippen molar-refractivity contribution in [3.63, 3.8) is 0 Å². The molecule has 0 bridgehead atoms. The minimum absolute atomic E-state index is 0.105. The standard InChI is InChI=1S/C24H19NO3/c1-17-7-9-18(10-8-17)19-11-13-22(14-12-19)28-24(26)21(16-25)15-20-5-3-4-6-23(20)27-2/h3-15H,1-2H3/b21-15+. The number of nitriles is 1. The lowest BCUT2D eigenvalue weighted by Gasteiger charge is -2.07. The summed E-state index contributed by atoms with van der Waals surface area (Å²) in [7, 11) is 1.53. The molecule has 0 unspecified atom stereocenters. The number of para-hydroxylation sites is 1. The molecule has 3 aromatic carbocycles. The zero-order chi connectivity index (χ0) is 19.9. The molecule has 3 aromatic rings. The molecule has 0 heterocycles. The van der Waals surface area contributed by atoms with E-state index in [1.165, 1.54) is 18.7 Å². The van der Waals surface area contributed by atoms with Crippen LogP contribution in [0.3, 0.4) is 0 Å². The van der Waals surface area contributed by atoms with E-state index < -0.39 is 5.97 Å². The minimum Gasteiger partial charge on any atom is -0.496 e. The summed E-state index contributed by atoms with van der Waals surface area (Å²) < 4.78 is 10.6. The molecule has 0 aliphatic heterocycles. The van der Waals surface area contributed by atoms with Gasteiger partial charge >= 0.3 is 5.97 Å². The second kappa shape index (κ2) is 8.70. The van der Waals surface area contributed by atoms with Gasteiger partial charge in [0, 0.05) is 5.56 Å². The van der Waals surface area contributed by atoms with E-state index in [0.717, 1.165) is 11.1 Å². The molecule has 0 aliphatic carbocycles. The van der Waals surface area contributed by atoms with Gasteiger partial charge in [0.1, 0.15) is 23.1 Å². The van der Waals surface area contributed by atoms with Gasteiger partial charge in [0.2, 0.25) is 0 Å². The lowest BCUT2D eigenvalue weighted by Crippen LogP contribution is -2.10. The van der Waals surface area contributed by atoms with Crippen molar-refractivity contribution in [1.82, 2.24) is 0 Å². The maximum Gasteiger partial charge on any atom is 0.354 e. The molecule has 0 radical (unpaired) electrons. The Morgan fingerprint density at radius 1 is 0.929 bits per heavy atom. The van der Waals surface area contributed by atoms with Gasteiger partial charge in [-0.15, -0.1) is 0 Å². The lowest BCUT2D eigenvalue weighted by molar-refractivity contribution is -0.129. The van der Waals surface area contributed by atoms with E-state index >= 15 is 0 Å². The third-order valence-corrected chi connectivity index (χ3v) is 4.23. The molecule has 0 aromatic heterocycles. The van der Waals surface area contributed by atoms with Crippen molar-refractivity contribution in [3.8, 4) is 28.7 Å². The van der Waals surface area contributed by atoms with Crippen LogP contribution in [0.2, 0.25) is 0 Å². The monoisotopic (exact) mass is 369 g/mol. The van der Waals surface area contributed by atoms with Crippen molar-refractivity contribution >= 4 is 12.0 Å². The molecule has 0 aliphatic rings. The Bertz CT molecular complexity index is 1040. The van der Waals surface area contributed by atoms with E-state index in [0.29, 0.717) is 17.1 Å². The summed E-state index contributed by atoms with van der Waals surface area (Å²) in [6.45, 7) is 2.04. The molecular formula is C24H19NO3. The highest BCUT2D eigenvalue weighted by Crippen LogP contribution is 2.24. The van der Waals surface area contributed by atoms with Gasteiger partial charge in [-0.05, 0) is 42.3 Å². The third kappa shape index (κ3) is 4.46. The van der Waals surface area contributed by atoms with Gasteiger partial charge in [-0.2, -0.15) is 5.26 Å². The zero-order valence-electron chi connectivity index (χ0n) is 15.7. The Labute approximate surface area is 164 Å². The maximum absolute atomic E-state index is 12.4. The molecule has 3 rings (SSSR count). The third-order valence-electron chi connectivity index (χ3n) is 4.23. The summed E-state index contributed by atoms with van der Waals surface area (Å²) in [4.78, 5) is 12.4. The number of benzene rings is 3. The van der Waals surface area contributed by atoms with Crippen LogP contribution >= 0.6 is 0 Å². The van der Waals surface area contributed by atoms with E-state index in [2.05, 4.69) is 0 Å². The first-order valence-corrected chi connectivity index (χ1v) is 8.75. The average molecular weight is 369 g/mol. The highest BCUT2D eigenvalue weighted by molar-refractivity contribution is 5.99. The number of hydrogen-bond donors (Lipinski definition) is 0. The fourth-order valence-corrected chi connectivity index (χ4v) is 2.70. The van der Waals surface area contributed by atoms with Crippen molar-refractivity contribution in [2.45, 2.75) is 6.92 Å². The Balaban J connectivity index is 1.77. The van der Waals surface area contributed by atoms with Crippen molar-refractivity contribution in [2.75, 3.05) is 7.11 Å². The van der Waals surface area contributed by atoms with Crippen LogP contribution in [0.25, 0.3) is 17.2 Å². The van der Waals surface area contributed by atoms with Crippen LogP contribution in [0, 0.1) is 18.3 Å². The lowest BCUT2D eigenvalue weighted by atomic mass is 10.0. The smallest absolute Gasteiger partial charge is 0.354 e. The number of esters is 1. The molecular weight excluding hydrogens is 350 g/mol. The summed E-state index contributed by atoms with van der Waals surface area (Å²) in [6.07, 6.45) is 1.46. The molecule has 0 saturated heterocycles. The van der Waals surface area contributed by atoms with Gasteiger partial charge < -0.3 is 9.47 Å². The normalized spacial score (nSPS) is 10.8. The van der Waals surface area contributed by atoms with Crippen LogP contribution in [0.15, 0.2) is 78.4 Å². The molecule has 138 valence electrons. The molecule has 4 nitrogen and oxygen atoms in total. The van der Waals surface area contributed by atoms with Gasteiger partial charge in [0.25, 0.3) is 0 Å². The predicted molar refractivity (Wildman–Crippen MR) is 109 cm³/mol. The van der Waals surface area contributed by atoms with Gasteiger partial charge in [0.15, 0.2) is 0 Å². The van der Waals surface area contributed by atoms with Gasteiger partial charge in [-0.1, -0.05) is 60.2 Å². The zero-order valence-corrected chi connectivity index (χ0v) is 15.7. The summed E-state index contributed by atoms with van der Waals surface area (Å²) in [6, 6.07) is 24.4. The van der Waals surface area contributed by atoms with Crippen LogP contribution in [0.5, 0.6) is 11.5 Å². The summed E-state index contributed by atoms with van der Waals surface area (Å²) in [5.74, 6) is 0.240. The van der Waals surface area contributed by atoms with Crippen LogP contribution in [-0.2, 0) is 4.79 Å². The SMILES string of the molecule is COc1ccccc1/C=C(\C#N)C(=O)Oc1ccc(-c2ccc(C)cc2)cc1. The summed E-state index contributed by atoms with van der Waals surface area (Å²) >= 11 is 0. The van der Waals surface area contributed by atoms with Crippen molar-refractivity contribution in [3.05, 3.63) is 89.5 Å². The second-order valence-corrected chi connectivity index (χ2v) is 6.19. The Hall–Kier alpha value is -3.84. The first-order valence-electron chi connectivity index (χ1n) is 8.75. The van der Waals surface area contributed by atoms with E-state index in [1.54, 1.807) is 30.3 Å². The number of carbonyl (C=O) groups is 1. The number of ether oxygens (including phenoxy) is 2. The highest BCUT2D eigenvalue weighted by atomic mass is 16.5. The largest absolute Gasteiger partial charge is 0.496 e. The topological polar surface area (TPSA) is 59.3 Å². The average Bonchev–Trinajstić information content (AvgIpc) is 2.73. The van der Waals surface area contributed by atoms with E-state index in [9.17, 15) is 10.1 Å². The molecule has 0 fully saturated rings. The van der Waals surface area contributed by atoms with Gasteiger partial charge in [0.05, 0.1) is 7.11 Å². The molecule has 0 N–H and O–H groups in total. The Kier molecular flexibility index (Phi) is 5.88. The molecule has 0 atom stereocenters. The van der Waals surface area contributed by atoms with E-state index in [4.69, 9.17) is 9.47 Å². The quantitative estimate of drug-likeness (QED) is 0.269. The fraction of sp³-hybridized carbons (Fsp3) is 0.0833. The number of hydrogen-bond acceptors (Lipinski definition) is 4. The van der Waals surface area contributed by atoms with Crippen molar-refractivity contribution < 1.29 is 14.3 Å². The van der Waals surface area contributed by atoms with Crippen molar-refractivity contribution in [2.24, 2.45) is 0 Å². The van der Waals surface area contributed by atoms with Crippen LogP contribution in [-0.4, -0.2) is 13.1 Å². The highest BCUT2D eigenvalue weighted by Gasteiger charge is 2.13. The molecule has 0 saturated carbocycles. The number of methoxy groups -OCH3 is 1. The summed E-state index contributed by atoms with van der Waals surface area (Å²) in [5.41, 5.74) is 3.82. The van der Waals surface area contributed by atoms with Crippen molar-refractivity contribution in [1.29, 1.82) is 5.26 Å². The fourth-order valence-electron chi connectivity index (χ4n) is 2.70. The maximum atomic E-state index is 12.4. The number of rotatable bonds is 5. The molecule has 0 amide bonds. The Morgan fingerprint density at radius 3 is 2.14 bits per heavy atom. The van der Waals surface area contributed by atoms with Gasteiger partial charge in [-0.3, -0.25) is 0 Å². The van der Waals surface area contributed by atoms with E-state index in [1.807, 2.05) is 55.5 Å². The minimum atomic E-state index is -0.712. The first kappa shape index (κ1) is 18.9. The van der Waals surface area contributed by atoms with E-state index in [-0.39, 0.29) is 5.57 Å². The molecule has 28 heavy (non-hydrogen) atoms. The van der Waals surface area contributed by atoms with Crippen LogP contribution in [0.1, 0.15) is 11.1 Å². The van der Waals surface area contributed by atoms with Gasteiger partial charge in [-0.25, -0.2) is 4.79 Å². The number of nitrogens with zero attached hydrogens (tertiary/aromatic N) is 1. The predicted octanol–water partition coefficient (Wildman–Crippen LogP) is 5.18. The number of carbonyl (C=O) groups excluding carboxylic acids is 1. The number of aryl methyl sites for hydroxylation is 1. The Morgan fingerprint density at radius 2 is 1.54 bits per heavy atom. The summed E-state index contributed by atoms with van der Waals surface area (Å²) in [5, 5.41) is 9.35.